The van der Waals surface area contributed by atoms with Gasteiger partial charge in [0.25, 0.3) is 15.9 Å². The van der Waals surface area contributed by atoms with Crippen molar-refractivity contribution < 1.29 is 27.8 Å². The largest absolute Gasteiger partial charge is 0.493 e. The fraction of sp³-hybridized carbons (Fsp3) is 0.444. The van der Waals surface area contributed by atoms with E-state index in [1.807, 2.05) is 12.1 Å². The molecule has 0 bridgehead atoms. The third kappa shape index (κ3) is 3.48. The summed E-state index contributed by atoms with van der Waals surface area (Å²) in [6.07, 6.45) is 6.16. The van der Waals surface area contributed by atoms with Gasteiger partial charge in [0, 0.05) is 25.1 Å². The van der Waals surface area contributed by atoms with Gasteiger partial charge in [-0.05, 0) is 56.1 Å². The fourth-order valence-electron chi connectivity index (χ4n) is 6.23. The van der Waals surface area contributed by atoms with Gasteiger partial charge in [0.1, 0.15) is 11.0 Å². The number of rotatable bonds is 6. The number of carbonyl (C=O) groups excluding carboxylic acids is 1. The minimum absolute atomic E-state index is 0.104. The van der Waals surface area contributed by atoms with Crippen molar-refractivity contribution in [2.75, 3.05) is 26.7 Å². The topological polar surface area (TPSA) is 96.4 Å². The number of hydrogen-bond donors (Lipinski definition) is 1. The molecule has 1 spiro atoms. The van der Waals surface area contributed by atoms with Crippen molar-refractivity contribution in [1.82, 2.24) is 9.21 Å². The summed E-state index contributed by atoms with van der Waals surface area (Å²) in [5, 5.41) is 10.2. The number of aliphatic hydroxyl groups is 1. The zero-order valence-corrected chi connectivity index (χ0v) is 21.0. The molecule has 1 N–H and O–H groups in total. The van der Waals surface area contributed by atoms with Crippen molar-refractivity contribution in [2.24, 2.45) is 0 Å². The zero-order valence-electron chi connectivity index (χ0n) is 20.2. The van der Waals surface area contributed by atoms with Crippen LogP contribution in [-0.4, -0.2) is 67.6 Å². The maximum absolute atomic E-state index is 12.8. The quantitative estimate of drug-likeness (QED) is 0.472. The van der Waals surface area contributed by atoms with Crippen molar-refractivity contribution in [3.63, 3.8) is 0 Å². The molecule has 4 aliphatic rings. The lowest BCUT2D eigenvalue weighted by Gasteiger charge is -2.36. The number of sulfonamides is 1. The highest BCUT2D eigenvalue weighted by atomic mass is 32.2. The minimum atomic E-state index is -3.76. The first-order valence-electron chi connectivity index (χ1n) is 12.5. The van der Waals surface area contributed by atoms with Crippen LogP contribution in [0.2, 0.25) is 0 Å². The van der Waals surface area contributed by atoms with Crippen molar-refractivity contribution in [3.8, 4) is 11.5 Å². The molecule has 0 radical (unpaired) electrons. The number of aliphatic hydroxyl groups excluding tert-OH is 1. The molecule has 2 aromatic rings. The predicted molar refractivity (Wildman–Crippen MR) is 133 cm³/mol. The summed E-state index contributed by atoms with van der Waals surface area (Å²) in [5.74, 6) is 1.08. The summed E-state index contributed by atoms with van der Waals surface area (Å²) < 4.78 is 38.6. The molecular weight excluding hydrogens is 480 g/mol. The number of hydrogen-bond acceptors (Lipinski definition) is 7. The lowest BCUT2D eigenvalue weighted by Crippen LogP contribution is -2.43. The van der Waals surface area contributed by atoms with Crippen LogP contribution in [-0.2, 0) is 22.0 Å². The van der Waals surface area contributed by atoms with Crippen molar-refractivity contribution in [1.29, 1.82) is 0 Å². The number of fused-ring (bicyclic) bond motifs is 1. The summed E-state index contributed by atoms with van der Waals surface area (Å²) in [5.41, 5.74) is 2.34. The number of carbonyl (C=O) groups is 1. The lowest BCUT2D eigenvalue weighted by atomic mass is 9.69. The van der Waals surface area contributed by atoms with Crippen LogP contribution in [0.4, 0.5) is 0 Å². The van der Waals surface area contributed by atoms with E-state index in [1.165, 1.54) is 17.2 Å². The highest BCUT2D eigenvalue weighted by Gasteiger charge is 2.52. The number of methoxy groups -OCH3 is 1. The summed E-state index contributed by atoms with van der Waals surface area (Å²) in [7, 11) is -2.11. The smallest absolute Gasteiger partial charge is 0.269 e. The summed E-state index contributed by atoms with van der Waals surface area (Å²) in [6, 6.07) is 10.5. The molecule has 3 heterocycles. The second-order valence-electron chi connectivity index (χ2n) is 10.1. The Labute approximate surface area is 211 Å². The van der Waals surface area contributed by atoms with Crippen LogP contribution in [0.25, 0.3) is 0 Å². The normalized spacial score (nSPS) is 27.7. The molecule has 1 amide bonds. The van der Waals surface area contributed by atoms with E-state index >= 15 is 0 Å². The second kappa shape index (κ2) is 8.61. The van der Waals surface area contributed by atoms with Gasteiger partial charge in [0.15, 0.2) is 11.5 Å². The summed E-state index contributed by atoms with van der Waals surface area (Å²) >= 11 is 0. The van der Waals surface area contributed by atoms with E-state index in [1.54, 1.807) is 25.3 Å². The van der Waals surface area contributed by atoms with Gasteiger partial charge in [-0.25, -0.2) is 12.7 Å². The van der Waals surface area contributed by atoms with Gasteiger partial charge in [-0.2, -0.15) is 0 Å². The van der Waals surface area contributed by atoms with Gasteiger partial charge in [-0.15, -0.1) is 0 Å². The maximum atomic E-state index is 12.8. The number of ether oxygens (including phenoxy) is 2. The van der Waals surface area contributed by atoms with Crippen LogP contribution in [0.1, 0.15) is 47.2 Å². The first kappa shape index (κ1) is 23.5. The Kier molecular flexibility index (Phi) is 5.62. The van der Waals surface area contributed by atoms with Gasteiger partial charge < -0.3 is 14.6 Å². The van der Waals surface area contributed by atoms with E-state index in [2.05, 4.69) is 17.0 Å². The molecule has 3 aliphatic heterocycles. The molecule has 2 aromatic carbocycles. The van der Waals surface area contributed by atoms with Gasteiger partial charge >= 0.3 is 0 Å². The van der Waals surface area contributed by atoms with Crippen LogP contribution >= 0.6 is 0 Å². The molecule has 1 aliphatic carbocycles. The lowest BCUT2D eigenvalue weighted by molar-refractivity contribution is 0.0809. The third-order valence-corrected chi connectivity index (χ3v) is 9.87. The SMILES string of the molecule is COc1ccc2c3c1O[C@@H]1CC(O)C=CC31CCN(CCCCN1C(=O)c3ccccc3S1(=O)=O)C2. The first-order chi connectivity index (χ1) is 17.3. The molecule has 190 valence electrons. The average Bonchev–Trinajstić information content (AvgIpc) is 3.22. The van der Waals surface area contributed by atoms with Crippen LogP contribution in [0.5, 0.6) is 11.5 Å². The molecular formula is C27H30N2O6S. The summed E-state index contributed by atoms with van der Waals surface area (Å²) in [6.45, 7) is 2.59. The van der Waals surface area contributed by atoms with Crippen LogP contribution < -0.4 is 9.47 Å². The van der Waals surface area contributed by atoms with E-state index in [0.717, 1.165) is 48.3 Å². The molecule has 3 atom stereocenters. The van der Waals surface area contributed by atoms with Crippen LogP contribution in [0, 0.1) is 0 Å². The standard InChI is InChI=1S/C27H30N2O6S/c1-34-21-9-8-18-17-28(15-12-27-11-10-19(30)16-23(27)35-25(21)24(18)27)13-4-5-14-29-26(31)20-6-2-3-7-22(20)36(29,32)33/h2-3,6-11,19,23,30H,4-5,12-17H2,1H3/t19?,23-,27?/m1/s1. The number of benzene rings is 2. The van der Waals surface area contributed by atoms with Gasteiger partial charge in [0.05, 0.1) is 24.2 Å². The minimum Gasteiger partial charge on any atom is -0.493 e. The van der Waals surface area contributed by atoms with Gasteiger partial charge in [-0.1, -0.05) is 30.4 Å². The molecule has 6 rings (SSSR count). The molecule has 36 heavy (non-hydrogen) atoms. The highest BCUT2D eigenvalue weighted by Crippen LogP contribution is 2.55. The van der Waals surface area contributed by atoms with E-state index in [-0.39, 0.29) is 28.5 Å². The Hall–Kier alpha value is -2.88. The van der Waals surface area contributed by atoms with E-state index in [0.29, 0.717) is 12.8 Å². The predicted octanol–water partition coefficient (Wildman–Crippen LogP) is 2.85. The number of amides is 1. The molecule has 0 aromatic heterocycles. The second-order valence-corrected chi connectivity index (χ2v) is 11.9. The van der Waals surface area contributed by atoms with E-state index in [9.17, 15) is 18.3 Å². The molecule has 8 nitrogen and oxygen atoms in total. The molecule has 2 unspecified atom stereocenters. The van der Waals surface area contributed by atoms with E-state index in [4.69, 9.17) is 9.47 Å². The third-order valence-electron chi connectivity index (χ3n) is 8.03. The Morgan fingerprint density at radius 2 is 1.97 bits per heavy atom. The van der Waals surface area contributed by atoms with Crippen LogP contribution in [0.15, 0.2) is 53.4 Å². The molecule has 0 fully saturated rings. The van der Waals surface area contributed by atoms with E-state index < -0.39 is 22.0 Å². The van der Waals surface area contributed by atoms with Crippen molar-refractivity contribution in [2.45, 2.75) is 54.7 Å². The summed E-state index contributed by atoms with van der Waals surface area (Å²) in [4.78, 5) is 15.2. The van der Waals surface area contributed by atoms with Crippen molar-refractivity contribution in [3.05, 3.63) is 65.2 Å². The van der Waals surface area contributed by atoms with Gasteiger partial charge in [0.2, 0.25) is 0 Å². The van der Waals surface area contributed by atoms with Crippen LogP contribution in [0.3, 0.4) is 0 Å². The van der Waals surface area contributed by atoms with Gasteiger partial charge in [-0.3, -0.25) is 9.69 Å². The average molecular weight is 511 g/mol. The molecule has 9 heteroatoms. The fourth-order valence-corrected chi connectivity index (χ4v) is 7.84. The monoisotopic (exact) mass is 510 g/mol. The Balaban J connectivity index is 1.16. The zero-order chi connectivity index (χ0) is 25.1. The Bertz CT molecular complexity index is 1360. The maximum Gasteiger partial charge on any atom is 0.269 e. The highest BCUT2D eigenvalue weighted by molar-refractivity contribution is 7.90. The Morgan fingerprint density at radius 3 is 2.78 bits per heavy atom. The Morgan fingerprint density at radius 1 is 1.17 bits per heavy atom. The molecule has 0 saturated heterocycles. The molecule has 0 saturated carbocycles. The first-order valence-corrected chi connectivity index (χ1v) is 13.9. The number of nitrogens with zero attached hydrogens (tertiary/aromatic N) is 2. The number of unbranched alkanes of at least 4 members (excludes halogenated alkanes) is 1. The van der Waals surface area contributed by atoms with Crippen molar-refractivity contribution >= 4 is 15.9 Å².